The number of aromatic amines is 2. The number of anilines is 2. The van der Waals surface area contributed by atoms with E-state index in [9.17, 15) is 22.8 Å². The second-order valence-corrected chi connectivity index (χ2v) is 6.87. The Morgan fingerprint density at radius 2 is 1.86 bits per heavy atom. The van der Waals surface area contributed by atoms with E-state index in [-0.39, 0.29) is 5.82 Å². The van der Waals surface area contributed by atoms with Crippen LogP contribution in [0.25, 0.3) is 0 Å². The molecule has 29 heavy (non-hydrogen) atoms. The number of aromatic nitrogens is 3. The molecule has 0 bridgehead atoms. The van der Waals surface area contributed by atoms with Gasteiger partial charge >= 0.3 is 11.9 Å². The Balaban J connectivity index is 1.38. The van der Waals surface area contributed by atoms with Crippen LogP contribution in [0.15, 0.2) is 33.9 Å². The molecule has 1 saturated heterocycles. The van der Waals surface area contributed by atoms with Crippen molar-refractivity contribution in [3.63, 3.8) is 0 Å². The Bertz CT molecular complexity index is 919. The number of halogens is 3. The first-order valence-corrected chi connectivity index (χ1v) is 9.40. The van der Waals surface area contributed by atoms with Crippen molar-refractivity contribution in [1.82, 2.24) is 20.1 Å². The van der Waals surface area contributed by atoms with Gasteiger partial charge in [0, 0.05) is 38.4 Å². The lowest BCUT2D eigenvalue weighted by Gasteiger charge is -2.36. The average Bonchev–Trinajstić information content (AvgIpc) is 2.69. The van der Waals surface area contributed by atoms with Crippen molar-refractivity contribution in [3.05, 3.63) is 50.7 Å². The fraction of sp³-hybridized carbons (Fsp3) is 0.500. The lowest BCUT2D eigenvalue weighted by atomic mass is 10.1. The predicted octanol–water partition coefficient (Wildman–Crippen LogP) is 1.49. The van der Waals surface area contributed by atoms with Crippen molar-refractivity contribution >= 4 is 11.5 Å². The van der Waals surface area contributed by atoms with Crippen molar-refractivity contribution in [2.45, 2.75) is 19.0 Å². The summed E-state index contributed by atoms with van der Waals surface area (Å²) in [6, 6.07) is 5.45. The molecule has 2 heterocycles. The van der Waals surface area contributed by atoms with E-state index in [2.05, 4.69) is 25.4 Å². The molecule has 1 aliphatic heterocycles. The molecule has 2 aromatic rings. The van der Waals surface area contributed by atoms with Crippen molar-refractivity contribution in [2.75, 3.05) is 49.5 Å². The number of nitrogens with zero attached hydrogens (tertiary/aromatic N) is 3. The summed E-state index contributed by atoms with van der Waals surface area (Å²) < 4.78 is 38.6. The second kappa shape index (κ2) is 9.12. The van der Waals surface area contributed by atoms with Crippen LogP contribution in [0, 0.1) is 0 Å². The molecule has 3 rings (SSSR count). The second-order valence-electron chi connectivity index (χ2n) is 6.87. The third kappa shape index (κ3) is 5.83. The molecule has 3 N–H and O–H groups in total. The Kier molecular flexibility index (Phi) is 6.57. The Morgan fingerprint density at radius 1 is 1.10 bits per heavy atom. The quantitative estimate of drug-likeness (QED) is 0.597. The highest BCUT2D eigenvalue weighted by Crippen LogP contribution is 2.31. The summed E-state index contributed by atoms with van der Waals surface area (Å²) in [4.78, 5) is 28.7. The lowest BCUT2D eigenvalue weighted by Crippen LogP contribution is -2.46. The third-order valence-electron chi connectivity index (χ3n) is 4.82. The topological polar surface area (TPSA) is 97.1 Å². The van der Waals surface area contributed by atoms with E-state index >= 15 is 0 Å². The lowest BCUT2D eigenvalue weighted by molar-refractivity contribution is -0.137. The summed E-state index contributed by atoms with van der Waals surface area (Å²) in [5.41, 5.74) is -1.23. The summed E-state index contributed by atoms with van der Waals surface area (Å²) in [5, 5.41) is 8.69. The van der Waals surface area contributed by atoms with Gasteiger partial charge in [-0.3, -0.25) is 14.7 Å². The van der Waals surface area contributed by atoms with Crippen LogP contribution in [0.1, 0.15) is 18.4 Å². The highest BCUT2D eigenvalue weighted by molar-refractivity contribution is 5.49. The zero-order chi connectivity index (χ0) is 20.9. The first-order chi connectivity index (χ1) is 13.8. The molecule has 1 aliphatic rings. The summed E-state index contributed by atoms with van der Waals surface area (Å²) in [5.74, 6) is 0.0827. The SMILES string of the molecule is O=c1[nH]nc(NCCCCN2CCN(c3cccc(C(F)(F)F)c3)CC2)c(=O)[nH]1. The van der Waals surface area contributed by atoms with Crippen molar-refractivity contribution < 1.29 is 13.2 Å². The highest BCUT2D eigenvalue weighted by atomic mass is 19.4. The van der Waals surface area contributed by atoms with E-state index in [0.29, 0.717) is 25.3 Å². The van der Waals surface area contributed by atoms with Gasteiger partial charge in [0.15, 0.2) is 0 Å². The standard InChI is InChI=1S/C18H23F3N6O2/c19-18(20,21)13-4-3-5-14(12-13)27-10-8-26(9-11-27)7-2-1-6-22-15-16(28)23-17(29)25-24-15/h3-5,12H,1-2,6-11H2,(H,22,24)(H2,23,25,28,29). The van der Waals surface area contributed by atoms with Gasteiger partial charge in [0.1, 0.15) is 0 Å². The summed E-state index contributed by atoms with van der Waals surface area (Å²) >= 11 is 0. The Morgan fingerprint density at radius 3 is 2.55 bits per heavy atom. The molecule has 1 aromatic carbocycles. The van der Waals surface area contributed by atoms with Crippen molar-refractivity contribution in [3.8, 4) is 0 Å². The first-order valence-electron chi connectivity index (χ1n) is 9.40. The number of benzene rings is 1. The van der Waals surface area contributed by atoms with E-state index in [1.54, 1.807) is 6.07 Å². The van der Waals surface area contributed by atoms with Crippen molar-refractivity contribution in [2.24, 2.45) is 0 Å². The normalized spacial score (nSPS) is 15.5. The van der Waals surface area contributed by atoms with E-state index in [1.807, 2.05) is 4.90 Å². The van der Waals surface area contributed by atoms with Crippen LogP contribution in [0.3, 0.4) is 0 Å². The van der Waals surface area contributed by atoms with Gasteiger partial charge in [0.05, 0.1) is 5.56 Å². The molecule has 0 atom stereocenters. The molecule has 0 saturated carbocycles. The largest absolute Gasteiger partial charge is 0.416 e. The van der Waals surface area contributed by atoms with Crippen LogP contribution in [0.5, 0.6) is 0 Å². The number of piperazine rings is 1. The summed E-state index contributed by atoms with van der Waals surface area (Å²) in [7, 11) is 0. The number of rotatable bonds is 7. The molecule has 0 spiro atoms. The molecule has 0 amide bonds. The first kappa shape index (κ1) is 20.9. The zero-order valence-corrected chi connectivity index (χ0v) is 15.8. The minimum atomic E-state index is -4.33. The predicted molar refractivity (Wildman–Crippen MR) is 103 cm³/mol. The number of nitrogens with one attached hydrogen (secondary N) is 3. The van der Waals surface area contributed by atoms with Crippen LogP contribution in [0.4, 0.5) is 24.7 Å². The molecule has 0 aliphatic carbocycles. The minimum absolute atomic E-state index is 0.0827. The molecule has 0 unspecified atom stereocenters. The smallest absolute Gasteiger partial charge is 0.369 e. The van der Waals surface area contributed by atoms with Gasteiger partial charge in [0.25, 0.3) is 5.56 Å². The molecule has 8 nitrogen and oxygen atoms in total. The fourth-order valence-electron chi connectivity index (χ4n) is 3.24. The van der Waals surface area contributed by atoms with Crippen molar-refractivity contribution in [1.29, 1.82) is 0 Å². The summed E-state index contributed by atoms with van der Waals surface area (Å²) in [6.07, 6.45) is -2.62. The van der Waals surface area contributed by atoms with Crippen LogP contribution in [-0.2, 0) is 6.18 Å². The molecule has 0 radical (unpaired) electrons. The minimum Gasteiger partial charge on any atom is -0.369 e. The molecule has 1 aromatic heterocycles. The average molecular weight is 412 g/mol. The number of hydrogen-bond acceptors (Lipinski definition) is 6. The van der Waals surface area contributed by atoms with E-state index < -0.39 is 23.0 Å². The number of hydrogen-bond donors (Lipinski definition) is 3. The van der Waals surface area contributed by atoms with Crippen LogP contribution in [0.2, 0.25) is 0 Å². The van der Waals surface area contributed by atoms with Gasteiger partial charge in [-0.25, -0.2) is 9.89 Å². The Hall–Kier alpha value is -2.82. The molecular weight excluding hydrogens is 389 g/mol. The van der Waals surface area contributed by atoms with Gasteiger partial charge in [-0.1, -0.05) is 6.07 Å². The van der Waals surface area contributed by atoms with Crippen LogP contribution in [-0.4, -0.2) is 59.3 Å². The number of H-pyrrole nitrogens is 2. The van der Waals surface area contributed by atoms with E-state index in [4.69, 9.17) is 0 Å². The molecule has 1 fully saturated rings. The molecule has 11 heteroatoms. The van der Waals surface area contributed by atoms with Crippen LogP contribution >= 0.6 is 0 Å². The van der Waals surface area contributed by atoms with Gasteiger partial charge in [-0.2, -0.15) is 13.2 Å². The number of unbranched alkanes of at least 4 members (excludes halogenated alkanes) is 1. The summed E-state index contributed by atoms with van der Waals surface area (Å²) in [6.45, 7) is 4.34. The van der Waals surface area contributed by atoms with Gasteiger partial charge in [0.2, 0.25) is 5.82 Å². The molecule has 158 valence electrons. The maximum Gasteiger partial charge on any atom is 0.416 e. The van der Waals surface area contributed by atoms with E-state index in [1.165, 1.54) is 12.1 Å². The number of alkyl halides is 3. The van der Waals surface area contributed by atoms with E-state index in [0.717, 1.165) is 38.5 Å². The Labute approximate surface area is 164 Å². The highest BCUT2D eigenvalue weighted by Gasteiger charge is 2.31. The monoisotopic (exact) mass is 412 g/mol. The van der Waals surface area contributed by atoms with Gasteiger partial charge in [-0.05, 0) is 37.6 Å². The third-order valence-corrected chi connectivity index (χ3v) is 4.82. The van der Waals surface area contributed by atoms with Crippen LogP contribution < -0.4 is 21.5 Å². The maximum absolute atomic E-state index is 12.9. The van der Waals surface area contributed by atoms with Gasteiger partial charge < -0.3 is 10.2 Å². The fourth-order valence-corrected chi connectivity index (χ4v) is 3.24. The van der Waals surface area contributed by atoms with Gasteiger partial charge in [-0.15, -0.1) is 5.10 Å². The maximum atomic E-state index is 12.9. The molecular formula is C18H23F3N6O2. The zero-order valence-electron chi connectivity index (χ0n) is 15.8.